The number of hydrogen-bond donors (Lipinski definition) is 1. The van der Waals surface area contributed by atoms with Gasteiger partial charge in [-0.15, -0.1) is 0 Å². The van der Waals surface area contributed by atoms with Crippen molar-refractivity contribution in [3.63, 3.8) is 0 Å². The minimum atomic E-state index is -0.982. The van der Waals surface area contributed by atoms with Gasteiger partial charge in [0.2, 0.25) is 0 Å². The van der Waals surface area contributed by atoms with Gasteiger partial charge in [-0.25, -0.2) is 0 Å². The summed E-state index contributed by atoms with van der Waals surface area (Å²) in [4.78, 5) is 13.1. The van der Waals surface area contributed by atoms with Crippen molar-refractivity contribution in [2.45, 2.75) is 82.2 Å². The summed E-state index contributed by atoms with van der Waals surface area (Å²) in [6.07, 6.45) is 5.37. The van der Waals surface area contributed by atoms with Gasteiger partial charge in [-0.05, 0) is 103 Å². The molecule has 6 nitrogen and oxygen atoms in total. The molecule has 2 aromatic rings. The highest BCUT2D eigenvalue weighted by atomic mass is 16.5. The SMILES string of the molecule is CC(C)(C12CCC(O1)C1=C2CCCOc2ccc1cc2)C12OC(CC1C(=O)O)C1=C2CCCOc2ccc1cc2. The van der Waals surface area contributed by atoms with Crippen LogP contribution in [0.4, 0.5) is 0 Å². The molecule has 6 heteroatoms. The third-order valence-corrected chi connectivity index (χ3v) is 10.8. The lowest BCUT2D eigenvalue weighted by Crippen LogP contribution is -2.63. The molecule has 2 fully saturated rings. The van der Waals surface area contributed by atoms with Crippen LogP contribution in [-0.2, 0) is 14.3 Å². The molecule has 2 saturated heterocycles. The molecule has 0 spiro atoms. The Kier molecular flexibility index (Phi) is 5.22. The predicted octanol–water partition coefficient (Wildman–Crippen LogP) is 6.44. The first-order valence-corrected chi connectivity index (χ1v) is 14.9. The molecule has 0 radical (unpaired) electrons. The van der Waals surface area contributed by atoms with Gasteiger partial charge in [-0.3, -0.25) is 4.79 Å². The highest BCUT2D eigenvalue weighted by Crippen LogP contribution is 2.70. The lowest BCUT2D eigenvalue weighted by molar-refractivity contribution is -0.183. The van der Waals surface area contributed by atoms with Crippen LogP contribution >= 0.6 is 0 Å². The van der Waals surface area contributed by atoms with Gasteiger partial charge in [0.05, 0.1) is 36.9 Å². The van der Waals surface area contributed by atoms with Crippen LogP contribution in [0.2, 0.25) is 0 Å². The molecule has 0 saturated carbocycles. The van der Waals surface area contributed by atoms with Crippen LogP contribution in [0.15, 0.2) is 59.7 Å². The Morgan fingerprint density at radius 3 is 2.00 bits per heavy atom. The molecule has 8 aliphatic rings. The molecule has 8 heterocycles. The molecule has 0 amide bonds. The first kappa shape index (κ1) is 24.7. The Bertz CT molecular complexity index is 1450. The largest absolute Gasteiger partial charge is 0.494 e. The van der Waals surface area contributed by atoms with E-state index < -0.39 is 28.5 Å². The standard InChI is InChI=1S/C34H36O6/c1-32(2,33-16-15-27(39-33)29-20-7-11-22(12-8-20)37-17-3-5-24(29)33)34-25-6-4-18-38-23-13-9-21(10-14-23)30(25)28(40-34)19-26(34)31(35)36/h7-14,26-28H,3-6,15-19H2,1-2H3,(H,35,36). The summed E-state index contributed by atoms with van der Waals surface area (Å²) in [5, 5.41) is 10.7. The summed E-state index contributed by atoms with van der Waals surface area (Å²) in [6, 6.07) is 16.7. The maximum Gasteiger partial charge on any atom is 0.309 e. The van der Waals surface area contributed by atoms with Gasteiger partial charge < -0.3 is 24.1 Å². The monoisotopic (exact) mass is 540 g/mol. The van der Waals surface area contributed by atoms with Gasteiger partial charge in [-0.1, -0.05) is 38.1 Å². The number of hydrogen-bond acceptors (Lipinski definition) is 5. The second kappa shape index (κ2) is 8.46. The van der Waals surface area contributed by atoms with E-state index in [2.05, 4.69) is 50.2 Å². The average Bonchev–Trinajstić information content (AvgIpc) is 3.74. The number of rotatable bonds is 3. The molecular formula is C34H36O6. The van der Waals surface area contributed by atoms with Crippen molar-refractivity contribution in [2.75, 3.05) is 13.2 Å². The first-order chi connectivity index (χ1) is 19.4. The summed E-state index contributed by atoms with van der Waals surface area (Å²) in [7, 11) is 0. The molecular weight excluding hydrogens is 504 g/mol. The van der Waals surface area contributed by atoms with Crippen LogP contribution in [0, 0.1) is 11.3 Å². The number of carboxylic acid groups (broad SMARTS) is 1. The van der Waals surface area contributed by atoms with E-state index in [9.17, 15) is 9.90 Å². The summed E-state index contributed by atoms with van der Waals surface area (Å²) in [6.45, 7) is 5.70. The minimum Gasteiger partial charge on any atom is -0.494 e. The van der Waals surface area contributed by atoms with E-state index in [1.165, 1.54) is 22.3 Å². The van der Waals surface area contributed by atoms with Crippen molar-refractivity contribution < 1.29 is 28.8 Å². The maximum atomic E-state index is 13.1. The second-order valence-corrected chi connectivity index (χ2v) is 12.8. The zero-order valence-electron chi connectivity index (χ0n) is 23.2. The number of ether oxygens (including phenoxy) is 4. The molecule has 2 aromatic carbocycles. The predicted molar refractivity (Wildman–Crippen MR) is 150 cm³/mol. The van der Waals surface area contributed by atoms with Gasteiger partial charge in [-0.2, -0.15) is 0 Å². The van der Waals surface area contributed by atoms with Crippen LogP contribution < -0.4 is 9.47 Å². The third-order valence-electron chi connectivity index (χ3n) is 10.8. The average molecular weight is 541 g/mol. The van der Waals surface area contributed by atoms with Crippen LogP contribution in [0.5, 0.6) is 11.5 Å². The van der Waals surface area contributed by atoms with Gasteiger partial charge in [0.25, 0.3) is 0 Å². The molecule has 1 N–H and O–H groups in total. The number of carboxylic acids is 1. The Labute approximate surface area is 235 Å². The fourth-order valence-electron chi connectivity index (χ4n) is 9.21. The fraction of sp³-hybridized carbons (Fsp3) is 0.500. The van der Waals surface area contributed by atoms with Gasteiger partial charge in [0.15, 0.2) is 0 Å². The maximum absolute atomic E-state index is 13.1. The lowest BCUT2D eigenvalue weighted by Gasteiger charge is -2.55. The summed E-state index contributed by atoms with van der Waals surface area (Å²) in [5.41, 5.74) is 5.00. The van der Waals surface area contributed by atoms with E-state index in [4.69, 9.17) is 18.9 Å². The third kappa shape index (κ3) is 3.04. The summed E-state index contributed by atoms with van der Waals surface area (Å²) in [5.74, 6) is 0.356. The van der Waals surface area contributed by atoms with Crippen molar-refractivity contribution in [1.29, 1.82) is 0 Å². The van der Waals surface area contributed by atoms with E-state index in [0.717, 1.165) is 61.2 Å². The number of aliphatic carboxylic acids is 1. The van der Waals surface area contributed by atoms with E-state index in [0.29, 0.717) is 19.6 Å². The Morgan fingerprint density at radius 1 is 0.825 bits per heavy atom. The Balaban J connectivity index is 1.34. The van der Waals surface area contributed by atoms with E-state index in [1.54, 1.807) is 0 Å². The van der Waals surface area contributed by atoms with Gasteiger partial charge in [0.1, 0.15) is 17.1 Å². The van der Waals surface area contributed by atoms with Gasteiger partial charge >= 0.3 is 5.97 Å². The molecule has 208 valence electrons. The van der Waals surface area contributed by atoms with Crippen LogP contribution in [0.1, 0.15) is 69.9 Å². The van der Waals surface area contributed by atoms with Crippen LogP contribution in [0.25, 0.3) is 11.1 Å². The smallest absolute Gasteiger partial charge is 0.309 e. The molecule has 5 unspecified atom stereocenters. The van der Waals surface area contributed by atoms with Gasteiger partial charge in [0, 0.05) is 5.41 Å². The second-order valence-electron chi connectivity index (χ2n) is 12.8. The quantitative estimate of drug-likeness (QED) is 0.483. The fourth-order valence-corrected chi connectivity index (χ4v) is 9.21. The number of benzene rings is 2. The molecule has 40 heavy (non-hydrogen) atoms. The molecule has 0 aromatic heterocycles. The summed E-state index contributed by atoms with van der Waals surface area (Å²) >= 11 is 0. The highest BCUT2D eigenvalue weighted by molar-refractivity contribution is 5.85. The lowest BCUT2D eigenvalue weighted by atomic mass is 9.51. The zero-order chi connectivity index (χ0) is 27.3. The van der Waals surface area contributed by atoms with Crippen molar-refractivity contribution in [2.24, 2.45) is 11.3 Å². The van der Waals surface area contributed by atoms with Crippen molar-refractivity contribution in [3.05, 3.63) is 70.8 Å². The highest BCUT2D eigenvalue weighted by Gasteiger charge is 2.74. The summed E-state index contributed by atoms with van der Waals surface area (Å²) < 4.78 is 26.3. The minimum absolute atomic E-state index is 0.0113. The normalized spacial score (nSPS) is 34.0. The Morgan fingerprint density at radius 2 is 1.40 bits per heavy atom. The topological polar surface area (TPSA) is 74.2 Å². The van der Waals surface area contributed by atoms with Crippen molar-refractivity contribution in [1.82, 2.24) is 0 Å². The molecule has 8 aliphatic heterocycles. The zero-order valence-corrected chi connectivity index (χ0v) is 23.2. The first-order valence-electron chi connectivity index (χ1n) is 14.9. The van der Waals surface area contributed by atoms with E-state index in [-0.39, 0.29) is 12.2 Å². The molecule has 5 atom stereocenters. The van der Waals surface area contributed by atoms with E-state index >= 15 is 0 Å². The molecule has 8 bridgehead atoms. The van der Waals surface area contributed by atoms with E-state index in [1.807, 2.05) is 12.1 Å². The van der Waals surface area contributed by atoms with Crippen molar-refractivity contribution in [3.8, 4) is 11.5 Å². The number of fused-ring (bicyclic) bond motifs is 14. The molecule has 10 rings (SSSR count). The number of carbonyl (C=O) groups is 1. The van der Waals surface area contributed by atoms with Crippen LogP contribution in [-0.4, -0.2) is 47.7 Å². The molecule has 0 aliphatic carbocycles. The van der Waals surface area contributed by atoms with Crippen molar-refractivity contribution >= 4 is 17.1 Å². The Hall–Kier alpha value is -3.09. The van der Waals surface area contributed by atoms with Crippen LogP contribution in [0.3, 0.4) is 0 Å².